The molecule has 0 aliphatic heterocycles. The van der Waals surface area contributed by atoms with E-state index in [0.29, 0.717) is 0 Å². The molecule has 0 aliphatic carbocycles. The average Bonchev–Trinajstić information content (AvgIpc) is 1.35. The highest BCUT2D eigenvalue weighted by Crippen LogP contribution is 1.47. The summed E-state index contributed by atoms with van der Waals surface area (Å²) in [5.74, 6) is 4.52. The molecule has 1 atom stereocenters. The Morgan fingerprint density at radius 2 is 2.33 bits per heavy atom. The van der Waals surface area contributed by atoms with Gasteiger partial charge in [0.25, 0.3) is 0 Å². The molecule has 0 amide bonds. The molecule has 0 radical (unpaired) electrons. The number of hydrazine groups is 2. The fraction of sp³-hybridized carbons (Fsp3) is 0. The standard InChI is InChI=1S/H5N3O2S/c1-2-3-6(4)5/h2-3H,1H2,(H,4,5). The van der Waals surface area contributed by atoms with Crippen LogP contribution in [0.1, 0.15) is 0 Å². The summed E-state index contributed by atoms with van der Waals surface area (Å²) in [6.45, 7) is 0. The summed E-state index contributed by atoms with van der Waals surface area (Å²) in [7, 11) is 0. The van der Waals surface area contributed by atoms with Crippen molar-refractivity contribution >= 4 is 11.3 Å². The topological polar surface area (TPSA) is 87.4 Å². The zero-order valence-corrected chi connectivity index (χ0v) is 3.66. The first-order chi connectivity index (χ1) is 2.77. The Morgan fingerprint density at radius 1 is 1.83 bits per heavy atom. The van der Waals surface area contributed by atoms with E-state index in [-0.39, 0.29) is 0 Å². The first-order valence-corrected chi connectivity index (χ1v) is 2.20. The third kappa shape index (κ3) is 3.99. The summed E-state index contributed by atoms with van der Waals surface area (Å²) < 4.78 is 17.2. The van der Waals surface area contributed by atoms with Crippen LogP contribution in [-0.4, -0.2) is 8.76 Å². The van der Waals surface area contributed by atoms with Gasteiger partial charge in [0, 0.05) is 0 Å². The smallest absolute Gasteiger partial charge is 0.247 e. The van der Waals surface area contributed by atoms with Gasteiger partial charge in [-0.3, -0.25) is 10.4 Å². The highest BCUT2D eigenvalue weighted by Gasteiger charge is 1.79. The van der Waals surface area contributed by atoms with Gasteiger partial charge in [0.1, 0.15) is 0 Å². The molecule has 0 aliphatic rings. The molecular formula is H5N3O2S. The number of rotatable bonds is 2. The SMILES string of the molecule is NNNS(=O)O. The summed E-state index contributed by atoms with van der Waals surface area (Å²) in [5, 5.41) is 0. The average molecular weight is 111 g/mol. The Balaban J connectivity index is 2.83. The van der Waals surface area contributed by atoms with Gasteiger partial charge in [-0.15, -0.1) is 4.83 Å². The van der Waals surface area contributed by atoms with Gasteiger partial charge in [0.2, 0.25) is 11.3 Å². The predicted molar refractivity (Wildman–Crippen MR) is 21.2 cm³/mol. The lowest BCUT2D eigenvalue weighted by atomic mass is 12.6. The maximum absolute atomic E-state index is 9.46. The zero-order valence-electron chi connectivity index (χ0n) is 2.84. The number of hydrogen-bond donors (Lipinski definition) is 4. The first-order valence-electron chi connectivity index (χ1n) is 1.09. The van der Waals surface area contributed by atoms with E-state index in [4.69, 9.17) is 4.55 Å². The van der Waals surface area contributed by atoms with Gasteiger partial charge >= 0.3 is 0 Å². The van der Waals surface area contributed by atoms with Crippen molar-refractivity contribution in [1.82, 2.24) is 10.4 Å². The molecule has 38 valence electrons. The van der Waals surface area contributed by atoms with E-state index in [2.05, 4.69) is 5.84 Å². The van der Waals surface area contributed by atoms with Gasteiger partial charge in [-0.05, 0) is 0 Å². The van der Waals surface area contributed by atoms with E-state index in [1.54, 1.807) is 10.4 Å². The first kappa shape index (κ1) is 5.99. The van der Waals surface area contributed by atoms with Crippen LogP contribution in [0.4, 0.5) is 0 Å². The van der Waals surface area contributed by atoms with Crippen molar-refractivity contribution in [3.05, 3.63) is 0 Å². The van der Waals surface area contributed by atoms with Crippen LogP contribution in [0, 0.1) is 0 Å². The Morgan fingerprint density at radius 3 is 2.33 bits per heavy atom. The lowest BCUT2D eigenvalue weighted by Crippen LogP contribution is -2.38. The van der Waals surface area contributed by atoms with Crippen molar-refractivity contribution in [2.45, 2.75) is 0 Å². The van der Waals surface area contributed by atoms with Crippen LogP contribution in [-0.2, 0) is 11.3 Å². The maximum Gasteiger partial charge on any atom is 0.247 e. The number of nitrogens with two attached hydrogens (primary N) is 1. The Bertz CT molecular complexity index is 52.8. The molecular weight excluding hydrogens is 106 g/mol. The van der Waals surface area contributed by atoms with Crippen molar-refractivity contribution < 1.29 is 8.76 Å². The summed E-state index contributed by atoms with van der Waals surface area (Å²) >= 11 is -2.05. The van der Waals surface area contributed by atoms with Crippen LogP contribution in [0.5, 0.6) is 0 Å². The van der Waals surface area contributed by atoms with Gasteiger partial charge < -0.3 is 0 Å². The molecule has 5 nitrogen and oxygen atoms in total. The van der Waals surface area contributed by atoms with Gasteiger partial charge in [0.05, 0.1) is 0 Å². The zero-order chi connectivity index (χ0) is 4.99. The lowest BCUT2D eigenvalue weighted by Gasteiger charge is -1.88. The maximum atomic E-state index is 9.46. The third-order valence-electron chi connectivity index (χ3n) is 0.146. The Kier molecular flexibility index (Phi) is 3.19. The molecule has 0 aromatic carbocycles. The van der Waals surface area contributed by atoms with Gasteiger partial charge in [-0.1, -0.05) is 0 Å². The molecule has 0 saturated heterocycles. The molecule has 0 bridgehead atoms. The molecule has 1 unspecified atom stereocenters. The summed E-state index contributed by atoms with van der Waals surface area (Å²) in [6, 6.07) is 0. The Hall–Kier alpha value is -0.0100. The minimum absolute atomic E-state index is 1.76. The van der Waals surface area contributed by atoms with E-state index in [0.717, 1.165) is 0 Å². The molecule has 0 aromatic rings. The van der Waals surface area contributed by atoms with Crippen LogP contribution in [0.25, 0.3) is 0 Å². The predicted octanol–water partition coefficient (Wildman–Crippen LogP) is -1.91. The van der Waals surface area contributed by atoms with Crippen molar-refractivity contribution in [3.8, 4) is 0 Å². The van der Waals surface area contributed by atoms with Gasteiger partial charge in [-0.25, -0.2) is 4.21 Å². The van der Waals surface area contributed by atoms with Crippen LogP contribution < -0.4 is 16.2 Å². The van der Waals surface area contributed by atoms with Crippen molar-refractivity contribution in [2.24, 2.45) is 5.84 Å². The highest BCUT2D eigenvalue weighted by molar-refractivity contribution is 7.77. The minimum Gasteiger partial charge on any atom is -0.293 e. The van der Waals surface area contributed by atoms with Crippen LogP contribution in [0.3, 0.4) is 0 Å². The van der Waals surface area contributed by atoms with Crippen molar-refractivity contribution in [3.63, 3.8) is 0 Å². The van der Waals surface area contributed by atoms with Crippen LogP contribution in [0.15, 0.2) is 0 Å². The molecule has 6 heteroatoms. The second-order valence-corrected chi connectivity index (χ2v) is 1.20. The molecule has 0 saturated carbocycles. The second-order valence-electron chi connectivity index (χ2n) is 0.496. The van der Waals surface area contributed by atoms with Crippen LogP contribution in [0.2, 0.25) is 0 Å². The summed E-state index contributed by atoms with van der Waals surface area (Å²) in [4.78, 5) is 1.76. The van der Waals surface area contributed by atoms with E-state index in [1.807, 2.05) is 0 Å². The summed E-state index contributed by atoms with van der Waals surface area (Å²) in [5.41, 5.74) is 1.77. The lowest BCUT2D eigenvalue weighted by molar-refractivity contribution is 0.531. The molecule has 6 heavy (non-hydrogen) atoms. The quantitative estimate of drug-likeness (QED) is 0.190. The van der Waals surface area contributed by atoms with Crippen molar-refractivity contribution in [1.29, 1.82) is 0 Å². The van der Waals surface area contributed by atoms with Gasteiger partial charge in [0.15, 0.2) is 0 Å². The molecule has 0 rings (SSSR count). The Labute approximate surface area is 37.3 Å². The van der Waals surface area contributed by atoms with E-state index in [9.17, 15) is 4.21 Å². The molecule has 0 fully saturated rings. The molecule has 0 spiro atoms. The van der Waals surface area contributed by atoms with Gasteiger partial charge in [-0.2, -0.15) is 5.53 Å². The third-order valence-corrected chi connectivity index (χ3v) is 0.439. The molecule has 5 N–H and O–H groups in total. The van der Waals surface area contributed by atoms with Crippen LogP contribution >= 0.6 is 0 Å². The molecule has 0 aromatic heterocycles. The van der Waals surface area contributed by atoms with E-state index in [1.165, 1.54) is 0 Å². The van der Waals surface area contributed by atoms with E-state index < -0.39 is 11.3 Å². The fourth-order valence-electron chi connectivity index (χ4n) is 0.0504. The molecule has 0 heterocycles. The van der Waals surface area contributed by atoms with E-state index >= 15 is 0 Å². The number of hydrogen-bond acceptors (Lipinski definition) is 3. The monoisotopic (exact) mass is 111 g/mol. The normalized spacial score (nSPS) is 14.3. The second kappa shape index (κ2) is 3.19. The largest absolute Gasteiger partial charge is 0.293 e. The summed E-state index contributed by atoms with van der Waals surface area (Å²) in [6.07, 6.45) is 0. The fourth-order valence-corrected chi connectivity index (χ4v) is 0.151. The minimum atomic E-state index is -2.05. The number of nitrogens with one attached hydrogen (secondary N) is 2. The van der Waals surface area contributed by atoms with Crippen molar-refractivity contribution in [2.75, 3.05) is 0 Å². The highest BCUT2D eigenvalue weighted by atomic mass is 32.2.